The van der Waals surface area contributed by atoms with Crippen molar-refractivity contribution in [3.05, 3.63) is 12.2 Å². The highest BCUT2D eigenvalue weighted by molar-refractivity contribution is 5.89. The zero-order valence-electron chi connectivity index (χ0n) is 7.51. The minimum atomic E-state index is -1.26. The van der Waals surface area contributed by atoms with Crippen LogP contribution in [0.15, 0.2) is 12.2 Å². The number of aliphatic carboxylic acids is 2. The molecule has 1 saturated heterocycles. The number of hydrogen-bond donors (Lipinski definition) is 4. The number of carboxylic acid groups (broad SMARTS) is 2. The summed E-state index contributed by atoms with van der Waals surface area (Å²) in [7, 11) is 0. The highest BCUT2D eigenvalue weighted by atomic mass is 16.4. The summed E-state index contributed by atoms with van der Waals surface area (Å²) in [6.07, 6.45) is 1.98. The maximum absolute atomic E-state index is 9.55. The van der Waals surface area contributed by atoms with E-state index in [1.54, 1.807) is 0 Å². The normalized spacial score (nSPS) is 20.2. The molecule has 0 aromatic rings. The Morgan fingerprint density at radius 1 is 1.21 bits per heavy atom. The van der Waals surface area contributed by atoms with Crippen molar-refractivity contribution in [3.63, 3.8) is 0 Å². The maximum Gasteiger partial charge on any atom is 0.328 e. The van der Waals surface area contributed by atoms with Crippen LogP contribution in [-0.4, -0.2) is 46.5 Å². The summed E-state index contributed by atoms with van der Waals surface area (Å²) >= 11 is 0. The largest absolute Gasteiger partial charge is 0.478 e. The molecule has 1 aliphatic heterocycles. The molecule has 0 aliphatic carbocycles. The molecule has 0 saturated carbocycles. The van der Waals surface area contributed by atoms with Crippen LogP contribution >= 0.6 is 0 Å². The molecule has 1 fully saturated rings. The Hall–Kier alpha value is -1.40. The average Bonchev–Trinajstić information content (AvgIpc) is 2.53. The van der Waals surface area contributed by atoms with Gasteiger partial charge in [-0.2, -0.15) is 0 Å². The molecule has 4 N–H and O–H groups in total. The van der Waals surface area contributed by atoms with Crippen molar-refractivity contribution in [1.82, 2.24) is 5.32 Å². The van der Waals surface area contributed by atoms with Crippen LogP contribution in [0, 0.1) is 0 Å². The van der Waals surface area contributed by atoms with Crippen molar-refractivity contribution in [3.8, 4) is 0 Å². The minimum absolute atomic E-state index is 0.0648. The number of aliphatic hydroxyl groups is 1. The predicted molar refractivity (Wildman–Crippen MR) is 47.9 cm³/mol. The lowest BCUT2D eigenvalue weighted by Gasteiger charge is -1.90. The van der Waals surface area contributed by atoms with Crippen molar-refractivity contribution in [2.75, 3.05) is 13.1 Å². The second-order valence-corrected chi connectivity index (χ2v) is 2.66. The third kappa shape index (κ3) is 8.69. The smallest absolute Gasteiger partial charge is 0.328 e. The van der Waals surface area contributed by atoms with E-state index in [1.165, 1.54) is 0 Å². The van der Waals surface area contributed by atoms with Gasteiger partial charge in [-0.05, 0) is 13.0 Å². The Morgan fingerprint density at radius 3 is 1.86 bits per heavy atom. The fourth-order valence-corrected chi connectivity index (χ4v) is 0.782. The molecule has 0 spiro atoms. The molecule has 0 amide bonds. The zero-order chi connectivity index (χ0) is 11.0. The summed E-state index contributed by atoms with van der Waals surface area (Å²) in [6, 6.07) is 0. The van der Waals surface area contributed by atoms with E-state index in [9.17, 15) is 9.59 Å². The Bertz CT molecular complexity index is 204. The van der Waals surface area contributed by atoms with Gasteiger partial charge in [0.2, 0.25) is 0 Å². The number of hydrogen-bond acceptors (Lipinski definition) is 4. The molecule has 1 rings (SSSR count). The summed E-state index contributed by atoms with van der Waals surface area (Å²) in [4.78, 5) is 19.1. The number of β-amino-alcohol motifs (C(OH)–C–C–N with tert-alkyl or cyclic N) is 1. The first kappa shape index (κ1) is 12.6. The van der Waals surface area contributed by atoms with Crippen LogP contribution in [0.4, 0.5) is 0 Å². The van der Waals surface area contributed by atoms with E-state index in [2.05, 4.69) is 5.32 Å². The van der Waals surface area contributed by atoms with E-state index in [0.29, 0.717) is 12.2 Å². The number of nitrogens with one attached hydrogen (secondary N) is 1. The highest BCUT2D eigenvalue weighted by Gasteiger charge is 2.08. The predicted octanol–water partition coefficient (Wildman–Crippen LogP) is -0.948. The van der Waals surface area contributed by atoms with Gasteiger partial charge in [0.25, 0.3) is 0 Å². The molecule has 0 bridgehead atoms. The molecule has 80 valence electrons. The molecule has 1 heterocycles. The summed E-state index contributed by atoms with van der Waals surface area (Å²) in [5.41, 5.74) is 0. The third-order valence-corrected chi connectivity index (χ3v) is 1.40. The van der Waals surface area contributed by atoms with Crippen LogP contribution in [0.5, 0.6) is 0 Å². The van der Waals surface area contributed by atoms with Gasteiger partial charge in [0.15, 0.2) is 0 Å². The molecule has 6 nitrogen and oxygen atoms in total. The maximum atomic E-state index is 9.55. The second-order valence-electron chi connectivity index (χ2n) is 2.66. The number of rotatable bonds is 2. The quantitative estimate of drug-likeness (QED) is 0.431. The third-order valence-electron chi connectivity index (χ3n) is 1.40. The topological polar surface area (TPSA) is 107 Å². The Balaban J connectivity index is 0.000000249. The van der Waals surface area contributed by atoms with Crippen LogP contribution in [0.1, 0.15) is 6.42 Å². The first-order chi connectivity index (χ1) is 6.52. The minimum Gasteiger partial charge on any atom is -0.478 e. The first-order valence-corrected chi connectivity index (χ1v) is 4.05. The summed E-state index contributed by atoms with van der Waals surface area (Å²) in [5, 5.41) is 27.3. The van der Waals surface area contributed by atoms with Crippen LogP contribution in [0.2, 0.25) is 0 Å². The summed E-state index contributed by atoms with van der Waals surface area (Å²) < 4.78 is 0. The van der Waals surface area contributed by atoms with Crippen LogP contribution in [0.3, 0.4) is 0 Å². The molecule has 0 unspecified atom stereocenters. The van der Waals surface area contributed by atoms with Gasteiger partial charge in [-0.3, -0.25) is 0 Å². The van der Waals surface area contributed by atoms with E-state index < -0.39 is 11.9 Å². The Kier molecular flexibility index (Phi) is 6.34. The fraction of sp³-hybridized carbons (Fsp3) is 0.500. The van der Waals surface area contributed by atoms with Crippen molar-refractivity contribution in [1.29, 1.82) is 0 Å². The summed E-state index contributed by atoms with van der Waals surface area (Å²) in [6.45, 7) is 1.78. The molecular formula is C8H13NO5. The molecule has 1 atom stereocenters. The molecule has 0 aromatic heterocycles. The number of aliphatic hydroxyl groups excluding tert-OH is 1. The van der Waals surface area contributed by atoms with Gasteiger partial charge in [0.05, 0.1) is 6.10 Å². The van der Waals surface area contributed by atoms with E-state index >= 15 is 0 Å². The van der Waals surface area contributed by atoms with Gasteiger partial charge >= 0.3 is 11.9 Å². The number of carboxylic acids is 2. The lowest BCUT2D eigenvalue weighted by atomic mass is 10.3. The van der Waals surface area contributed by atoms with E-state index in [1.807, 2.05) is 0 Å². The van der Waals surface area contributed by atoms with E-state index in [4.69, 9.17) is 15.3 Å². The molecule has 0 aromatic carbocycles. The van der Waals surface area contributed by atoms with E-state index in [0.717, 1.165) is 19.5 Å². The van der Waals surface area contributed by atoms with Crippen molar-refractivity contribution >= 4 is 11.9 Å². The van der Waals surface area contributed by atoms with E-state index in [-0.39, 0.29) is 6.10 Å². The molecule has 1 aliphatic rings. The number of carbonyl (C=O) groups is 2. The van der Waals surface area contributed by atoms with Crippen molar-refractivity contribution < 1.29 is 24.9 Å². The van der Waals surface area contributed by atoms with Gasteiger partial charge < -0.3 is 20.6 Å². The van der Waals surface area contributed by atoms with Crippen molar-refractivity contribution in [2.45, 2.75) is 12.5 Å². The second kappa shape index (κ2) is 7.05. The van der Waals surface area contributed by atoms with Gasteiger partial charge in [-0.25, -0.2) is 9.59 Å². The SMILES string of the molecule is O=C(O)/C=C/C(=O)O.O[C@@H]1CCNC1. The lowest BCUT2D eigenvalue weighted by molar-refractivity contribution is -0.134. The monoisotopic (exact) mass is 203 g/mol. The summed E-state index contributed by atoms with van der Waals surface area (Å²) in [5.74, 6) is -2.51. The van der Waals surface area contributed by atoms with Crippen LogP contribution in [-0.2, 0) is 9.59 Å². The average molecular weight is 203 g/mol. The highest BCUT2D eigenvalue weighted by Crippen LogP contribution is 1.93. The van der Waals surface area contributed by atoms with Crippen LogP contribution in [0.25, 0.3) is 0 Å². The van der Waals surface area contributed by atoms with Gasteiger partial charge in [0.1, 0.15) is 0 Å². The molecule has 6 heteroatoms. The van der Waals surface area contributed by atoms with Gasteiger partial charge in [0, 0.05) is 18.7 Å². The van der Waals surface area contributed by atoms with Gasteiger partial charge in [-0.1, -0.05) is 0 Å². The van der Waals surface area contributed by atoms with Crippen LogP contribution < -0.4 is 5.32 Å². The first-order valence-electron chi connectivity index (χ1n) is 4.05. The molecule has 14 heavy (non-hydrogen) atoms. The fourth-order valence-electron chi connectivity index (χ4n) is 0.782. The molecular weight excluding hydrogens is 190 g/mol. The van der Waals surface area contributed by atoms with Crippen molar-refractivity contribution in [2.24, 2.45) is 0 Å². The Morgan fingerprint density at radius 2 is 1.71 bits per heavy atom. The van der Waals surface area contributed by atoms with Gasteiger partial charge in [-0.15, -0.1) is 0 Å². The molecule has 0 radical (unpaired) electrons. The zero-order valence-corrected chi connectivity index (χ0v) is 7.51. The Labute approximate surface area is 80.9 Å². The standard InChI is InChI=1S/C4H9NO.C4H4O4/c6-4-1-2-5-3-4;5-3(6)1-2-4(7)8/h4-6H,1-3H2;1-2H,(H,5,6)(H,7,8)/b;2-1+/t4-;/m1./s1. The lowest BCUT2D eigenvalue weighted by Crippen LogP contribution is -2.11.